The smallest absolute Gasteiger partial charge is 0.436 e. The van der Waals surface area contributed by atoms with E-state index in [2.05, 4.69) is 4.98 Å². The number of ether oxygens (including phenoxy) is 3. The molecular weight excluding hydrogens is 376 g/mol. The highest BCUT2D eigenvalue weighted by atomic mass is 19.1. The van der Waals surface area contributed by atoms with Gasteiger partial charge >= 0.3 is 7.12 Å². The van der Waals surface area contributed by atoms with Crippen LogP contribution in [0.3, 0.4) is 0 Å². The highest BCUT2D eigenvalue weighted by molar-refractivity contribution is 6.62. The highest BCUT2D eigenvalue weighted by Gasteiger charge is 2.52. The molecule has 6 nitrogen and oxygen atoms in total. The van der Waals surface area contributed by atoms with Crippen LogP contribution in [0.4, 0.5) is 4.39 Å². The second-order valence-corrected chi connectivity index (χ2v) is 8.29. The van der Waals surface area contributed by atoms with E-state index in [1.54, 1.807) is 18.2 Å². The predicted molar refractivity (Wildman–Crippen MR) is 106 cm³/mol. The van der Waals surface area contributed by atoms with Crippen LogP contribution in [0.25, 0.3) is 0 Å². The average Bonchev–Trinajstić information content (AvgIpc) is 3.23. The summed E-state index contributed by atoms with van der Waals surface area (Å²) in [5, 5.41) is 0. The van der Waals surface area contributed by atoms with Crippen molar-refractivity contribution in [3.05, 3.63) is 47.4 Å². The molecule has 0 atom stereocenters. The molecule has 2 aromatic rings. The van der Waals surface area contributed by atoms with Crippen LogP contribution in [0, 0.1) is 12.7 Å². The fourth-order valence-electron chi connectivity index (χ4n) is 3.27. The molecule has 2 fully saturated rings. The molecule has 1 aromatic heterocycles. The van der Waals surface area contributed by atoms with Gasteiger partial charge in [-0.1, -0.05) is 6.07 Å². The van der Waals surface area contributed by atoms with Crippen molar-refractivity contribution < 1.29 is 27.9 Å². The molecule has 2 saturated heterocycles. The monoisotopic (exact) mass is 401 g/mol. The molecule has 0 N–H and O–H groups in total. The lowest BCUT2D eigenvalue weighted by molar-refractivity contribution is -0.0436. The summed E-state index contributed by atoms with van der Waals surface area (Å²) in [6, 6.07) is 8.27. The first-order chi connectivity index (χ1) is 13.7. The molecule has 2 aliphatic rings. The molecule has 0 spiro atoms. The molecule has 0 saturated carbocycles. The van der Waals surface area contributed by atoms with E-state index in [1.165, 1.54) is 6.07 Å². The van der Waals surface area contributed by atoms with Gasteiger partial charge in [0.1, 0.15) is 0 Å². The van der Waals surface area contributed by atoms with E-state index < -0.39 is 30.4 Å². The van der Waals surface area contributed by atoms with Gasteiger partial charge in [0.05, 0.1) is 24.4 Å². The fourth-order valence-corrected chi connectivity index (χ4v) is 3.27. The molecule has 4 rings (SSSR count). The molecule has 2 aliphatic heterocycles. The van der Waals surface area contributed by atoms with Crippen LogP contribution in [0.1, 0.15) is 45.2 Å². The van der Waals surface area contributed by atoms with Gasteiger partial charge in [0.2, 0.25) is 5.88 Å². The number of nitrogens with zero attached hydrogens (tertiary/aromatic N) is 1. The van der Waals surface area contributed by atoms with E-state index in [-0.39, 0.29) is 5.75 Å². The van der Waals surface area contributed by atoms with Crippen LogP contribution in [0.5, 0.6) is 11.6 Å². The maximum atomic E-state index is 15.0. The Balaban J connectivity index is 1.73. The summed E-state index contributed by atoms with van der Waals surface area (Å²) < 4.78 is 44.3. The van der Waals surface area contributed by atoms with Crippen LogP contribution >= 0.6 is 0 Å². The van der Waals surface area contributed by atoms with Crippen LogP contribution in [0.2, 0.25) is 0 Å². The summed E-state index contributed by atoms with van der Waals surface area (Å²) in [4.78, 5) is 4.27. The lowest BCUT2D eigenvalue weighted by Crippen LogP contribution is -2.41. The number of aromatic nitrogens is 1. The second-order valence-electron chi connectivity index (χ2n) is 8.29. The van der Waals surface area contributed by atoms with Crippen molar-refractivity contribution in [2.45, 2.75) is 52.1 Å². The van der Waals surface area contributed by atoms with E-state index in [0.717, 1.165) is 5.69 Å². The highest BCUT2D eigenvalue weighted by Crippen LogP contribution is 2.38. The number of hydrogen-bond donors (Lipinski definition) is 0. The third-order valence-electron chi connectivity index (χ3n) is 5.60. The zero-order chi connectivity index (χ0) is 20.8. The van der Waals surface area contributed by atoms with E-state index in [0.29, 0.717) is 30.1 Å². The van der Waals surface area contributed by atoms with Gasteiger partial charge in [0, 0.05) is 17.3 Å². The molecule has 0 bridgehead atoms. The Morgan fingerprint density at radius 2 is 1.72 bits per heavy atom. The average molecular weight is 401 g/mol. The fraction of sp³-hybridized carbons (Fsp3) is 0.476. The predicted octanol–water partition coefficient (Wildman–Crippen LogP) is 3.67. The number of aryl methyl sites for hydroxylation is 1. The van der Waals surface area contributed by atoms with Crippen LogP contribution < -0.4 is 10.2 Å². The Kier molecular flexibility index (Phi) is 5.15. The van der Waals surface area contributed by atoms with E-state index in [9.17, 15) is 4.39 Å². The van der Waals surface area contributed by atoms with Gasteiger partial charge in [-0.05, 0) is 58.3 Å². The van der Waals surface area contributed by atoms with E-state index >= 15 is 0 Å². The summed E-state index contributed by atoms with van der Waals surface area (Å²) >= 11 is 0. The molecule has 1 aromatic carbocycles. The molecular formula is C21H25BFNO5. The van der Waals surface area contributed by atoms with Crippen LogP contribution in [-0.4, -0.2) is 36.5 Å². The molecule has 0 amide bonds. The van der Waals surface area contributed by atoms with Gasteiger partial charge in [-0.2, -0.15) is 0 Å². The molecule has 0 aliphatic carbocycles. The maximum Gasteiger partial charge on any atom is 0.495 e. The summed E-state index contributed by atoms with van der Waals surface area (Å²) in [6.07, 6.45) is -0.641. The molecule has 29 heavy (non-hydrogen) atoms. The summed E-state index contributed by atoms with van der Waals surface area (Å²) in [5.41, 5.74) is 0.814. The molecule has 0 radical (unpaired) electrons. The number of rotatable bonds is 4. The van der Waals surface area contributed by atoms with Crippen molar-refractivity contribution >= 4 is 12.6 Å². The number of halogens is 1. The van der Waals surface area contributed by atoms with E-state index in [1.807, 2.05) is 40.7 Å². The molecule has 8 heteroatoms. The normalized spacial score (nSPS) is 21.0. The zero-order valence-corrected chi connectivity index (χ0v) is 17.3. The number of hydrogen-bond acceptors (Lipinski definition) is 6. The Morgan fingerprint density at radius 3 is 2.34 bits per heavy atom. The second kappa shape index (κ2) is 7.36. The standard InChI is InChI=1S/C21H25BFNO5/c1-13-7-6-8-18(24-13)27-17-11-14(19-25-9-10-26-19)15(12-16(17)23)22-28-20(2,3)21(4,5)29-22/h6-8,11-12,19H,9-10H2,1-5H3. The molecule has 0 unspecified atom stereocenters. The summed E-state index contributed by atoms with van der Waals surface area (Å²) in [5.74, 6) is -0.191. The van der Waals surface area contributed by atoms with Gasteiger partial charge in [-0.25, -0.2) is 9.37 Å². The third-order valence-corrected chi connectivity index (χ3v) is 5.60. The van der Waals surface area contributed by atoms with Gasteiger partial charge in [-0.15, -0.1) is 0 Å². The van der Waals surface area contributed by atoms with Crippen molar-refractivity contribution in [1.29, 1.82) is 0 Å². The van der Waals surface area contributed by atoms with Gasteiger partial charge in [0.25, 0.3) is 0 Å². The largest absolute Gasteiger partial charge is 0.495 e. The summed E-state index contributed by atoms with van der Waals surface area (Å²) in [6.45, 7) is 10.6. The van der Waals surface area contributed by atoms with Crippen molar-refractivity contribution in [3.63, 3.8) is 0 Å². The first-order valence-corrected chi connectivity index (χ1v) is 9.70. The van der Waals surface area contributed by atoms with Crippen molar-refractivity contribution in [3.8, 4) is 11.6 Å². The zero-order valence-electron chi connectivity index (χ0n) is 17.3. The quantitative estimate of drug-likeness (QED) is 0.729. The van der Waals surface area contributed by atoms with E-state index in [4.69, 9.17) is 23.5 Å². The Labute approximate surface area is 170 Å². The minimum atomic E-state index is -0.747. The van der Waals surface area contributed by atoms with Gasteiger partial charge in [0.15, 0.2) is 17.9 Å². The summed E-state index contributed by atoms with van der Waals surface area (Å²) in [7, 11) is -0.747. The molecule has 3 heterocycles. The van der Waals surface area contributed by atoms with Gasteiger partial charge in [-0.3, -0.25) is 0 Å². The lowest BCUT2D eigenvalue weighted by Gasteiger charge is -2.32. The number of benzene rings is 1. The SMILES string of the molecule is Cc1cccc(Oc2cc(C3OCCO3)c(B3OC(C)(C)C(C)(C)O3)cc2F)n1. The lowest BCUT2D eigenvalue weighted by atomic mass is 9.75. The minimum absolute atomic E-state index is 0.0393. The number of pyridine rings is 1. The van der Waals surface area contributed by atoms with Crippen molar-refractivity contribution in [2.24, 2.45) is 0 Å². The van der Waals surface area contributed by atoms with Crippen molar-refractivity contribution in [2.75, 3.05) is 13.2 Å². The third kappa shape index (κ3) is 3.90. The Bertz CT molecular complexity index is 898. The Morgan fingerprint density at radius 1 is 1.07 bits per heavy atom. The first kappa shape index (κ1) is 20.3. The topological polar surface area (TPSA) is 59.0 Å². The first-order valence-electron chi connectivity index (χ1n) is 9.70. The van der Waals surface area contributed by atoms with Crippen LogP contribution in [0.15, 0.2) is 30.3 Å². The maximum absolute atomic E-state index is 15.0. The molecule has 154 valence electrons. The van der Waals surface area contributed by atoms with Gasteiger partial charge < -0.3 is 23.5 Å². The van der Waals surface area contributed by atoms with Crippen LogP contribution in [-0.2, 0) is 18.8 Å². The van der Waals surface area contributed by atoms with Crippen molar-refractivity contribution in [1.82, 2.24) is 4.98 Å². The minimum Gasteiger partial charge on any atom is -0.436 e. The Hall–Kier alpha value is -2.00.